The van der Waals surface area contributed by atoms with Crippen LogP contribution in [-0.4, -0.2) is 15.0 Å². The van der Waals surface area contributed by atoms with Gasteiger partial charge in [0.05, 0.1) is 5.69 Å². The minimum Gasteiger partial charge on any atom is -0.325 e. The summed E-state index contributed by atoms with van der Waals surface area (Å²) in [6.45, 7) is 5.71. The molecule has 0 bridgehead atoms. The molecule has 0 aliphatic heterocycles. The van der Waals surface area contributed by atoms with E-state index in [1.54, 1.807) is 0 Å². The van der Waals surface area contributed by atoms with E-state index in [4.69, 9.17) is 5.73 Å². The highest BCUT2D eigenvalue weighted by molar-refractivity contribution is 5.61. The van der Waals surface area contributed by atoms with Crippen LogP contribution in [0.4, 0.5) is 0 Å². The van der Waals surface area contributed by atoms with Crippen molar-refractivity contribution < 1.29 is 0 Å². The van der Waals surface area contributed by atoms with Crippen LogP contribution in [0.25, 0.3) is 11.3 Å². The number of hydrogen-bond acceptors (Lipinski definition) is 3. The van der Waals surface area contributed by atoms with Crippen LogP contribution in [0.2, 0.25) is 0 Å². The van der Waals surface area contributed by atoms with E-state index in [9.17, 15) is 0 Å². The van der Waals surface area contributed by atoms with Crippen molar-refractivity contribution in [2.75, 3.05) is 0 Å². The molecule has 1 aromatic heterocycles. The Morgan fingerprint density at radius 1 is 1.05 bits per heavy atom. The van der Waals surface area contributed by atoms with E-state index >= 15 is 0 Å². The normalized spacial score (nSPS) is 11.0. The van der Waals surface area contributed by atoms with Gasteiger partial charge in [-0.1, -0.05) is 67.6 Å². The molecule has 21 heavy (non-hydrogen) atoms. The highest BCUT2D eigenvalue weighted by atomic mass is 15.4. The third kappa shape index (κ3) is 4.14. The molecule has 2 N–H and O–H groups in total. The molecule has 0 saturated carbocycles. The van der Waals surface area contributed by atoms with Crippen LogP contribution in [-0.2, 0) is 13.1 Å². The molecule has 1 heterocycles. The number of aromatic nitrogens is 3. The summed E-state index contributed by atoms with van der Waals surface area (Å²) in [6.07, 6.45) is 6.28. The molecule has 114 valence electrons. The minimum absolute atomic E-state index is 0.477. The van der Waals surface area contributed by atoms with Crippen LogP contribution in [0.3, 0.4) is 0 Å². The number of aryl methyl sites for hydroxylation is 2. The monoisotopic (exact) mass is 286 g/mol. The van der Waals surface area contributed by atoms with Crippen LogP contribution in [0.1, 0.15) is 50.3 Å². The smallest absolute Gasteiger partial charge is 0.117 e. The summed E-state index contributed by atoms with van der Waals surface area (Å²) in [6, 6.07) is 8.37. The lowest BCUT2D eigenvalue weighted by Gasteiger charge is -2.06. The molecule has 4 nitrogen and oxygen atoms in total. The first-order valence-corrected chi connectivity index (χ1v) is 7.95. The predicted molar refractivity (Wildman–Crippen MR) is 86.8 cm³/mol. The Hall–Kier alpha value is -1.68. The van der Waals surface area contributed by atoms with Gasteiger partial charge in [0.2, 0.25) is 0 Å². The molecule has 0 aliphatic carbocycles. The van der Waals surface area contributed by atoms with Crippen LogP contribution in [0, 0.1) is 6.92 Å². The van der Waals surface area contributed by atoms with Gasteiger partial charge < -0.3 is 5.73 Å². The zero-order valence-corrected chi connectivity index (χ0v) is 13.2. The van der Waals surface area contributed by atoms with E-state index in [2.05, 4.69) is 48.4 Å². The van der Waals surface area contributed by atoms with Crippen molar-refractivity contribution >= 4 is 0 Å². The Balaban J connectivity index is 2.05. The van der Waals surface area contributed by atoms with Gasteiger partial charge in [-0.15, -0.1) is 5.10 Å². The summed E-state index contributed by atoms with van der Waals surface area (Å²) in [4.78, 5) is 0. The largest absolute Gasteiger partial charge is 0.325 e. The Labute approximate surface area is 127 Å². The molecule has 0 unspecified atom stereocenters. The number of benzene rings is 1. The topological polar surface area (TPSA) is 56.7 Å². The van der Waals surface area contributed by atoms with Crippen LogP contribution in [0.15, 0.2) is 24.3 Å². The number of nitrogens with zero attached hydrogens (tertiary/aromatic N) is 3. The van der Waals surface area contributed by atoms with Crippen LogP contribution < -0.4 is 5.73 Å². The van der Waals surface area contributed by atoms with Crippen molar-refractivity contribution in [2.45, 2.75) is 59.0 Å². The summed E-state index contributed by atoms with van der Waals surface area (Å²) >= 11 is 0. The summed E-state index contributed by atoms with van der Waals surface area (Å²) in [5.41, 5.74) is 10.2. The summed E-state index contributed by atoms with van der Waals surface area (Å²) < 4.78 is 1.97. The standard InChI is InChI=1S/C17H26N4/c1-3-4-5-6-7-12-21-16(13-18)17(19-20-21)15-10-8-14(2)9-11-15/h8-11H,3-7,12-13,18H2,1-2H3. The maximum atomic E-state index is 5.91. The average molecular weight is 286 g/mol. The quantitative estimate of drug-likeness (QED) is 0.753. The fraction of sp³-hybridized carbons (Fsp3) is 0.529. The van der Waals surface area contributed by atoms with Crippen molar-refractivity contribution in [1.82, 2.24) is 15.0 Å². The Morgan fingerprint density at radius 3 is 2.43 bits per heavy atom. The van der Waals surface area contributed by atoms with Gasteiger partial charge in [-0.05, 0) is 13.3 Å². The predicted octanol–water partition coefficient (Wildman–Crippen LogP) is 3.68. The summed E-state index contributed by atoms with van der Waals surface area (Å²) in [5, 5.41) is 8.63. The molecular weight excluding hydrogens is 260 g/mol. The molecular formula is C17H26N4. The zero-order valence-electron chi connectivity index (χ0n) is 13.2. The fourth-order valence-corrected chi connectivity index (χ4v) is 2.52. The number of hydrogen-bond donors (Lipinski definition) is 1. The number of nitrogens with two attached hydrogens (primary N) is 1. The van der Waals surface area contributed by atoms with Crippen molar-refractivity contribution in [3.05, 3.63) is 35.5 Å². The van der Waals surface area contributed by atoms with E-state index in [0.29, 0.717) is 6.54 Å². The van der Waals surface area contributed by atoms with Gasteiger partial charge in [-0.25, -0.2) is 4.68 Å². The molecule has 0 fully saturated rings. The molecule has 0 amide bonds. The summed E-state index contributed by atoms with van der Waals surface area (Å²) in [5.74, 6) is 0. The molecule has 0 atom stereocenters. The second-order valence-corrected chi connectivity index (χ2v) is 5.59. The molecule has 0 spiro atoms. The molecule has 2 rings (SSSR count). The van der Waals surface area contributed by atoms with Crippen molar-refractivity contribution in [3.63, 3.8) is 0 Å². The van der Waals surface area contributed by atoms with Gasteiger partial charge in [-0.2, -0.15) is 0 Å². The molecule has 0 saturated heterocycles. The Bertz CT molecular complexity index is 542. The Kier molecular flexibility index (Phi) is 5.93. The van der Waals surface area contributed by atoms with E-state index in [1.807, 2.05) is 4.68 Å². The van der Waals surface area contributed by atoms with Crippen molar-refractivity contribution in [2.24, 2.45) is 5.73 Å². The molecule has 1 aromatic carbocycles. The highest BCUT2D eigenvalue weighted by Gasteiger charge is 2.12. The van der Waals surface area contributed by atoms with E-state index in [-0.39, 0.29) is 0 Å². The maximum Gasteiger partial charge on any atom is 0.117 e. The average Bonchev–Trinajstić information content (AvgIpc) is 2.90. The maximum absolute atomic E-state index is 5.91. The van der Waals surface area contributed by atoms with Crippen molar-refractivity contribution in [1.29, 1.82) is 0 Å². The van der Waals surface area contributed by atoms with Gasteiger partial charge in [0.15, 0.2) is 0 Å². The van der Waals surface area contributed by atoms with E-state index in [1.165, 1.54) is 31.2 Å². The minimum atomic E-state index is 0.477. The fourth-order valence-electron chi connectivity index (χ4n) is 2.52. The molecule has 4 heteroatoms. The van der Waals surface area contributed by atoms with E-state index in [0.717, 1.165) is 29.9 Å². The second-order valence-electron chi connectivity index (χ2n) is 5.59. The Morgan fingerprint density at radius 2 is 1.76 bits per heavy atom. The molecule has 2 aromatic rings. The molecule has 0 aliphatic rings. The highest BCUT2D eigenvalue weighted by Crippen LogP contribution is 2.21. The summed E-state index contributed by atoms with van der Waals surface area (Å²) in [7, 11) is 0. The first-order chi connectivity index (χ1) is 10.3. The van der Waals surface area contributed by atoms with Gasteiger partial charge in [0.25, 0.3) is 0 Å². The first-order valence-electron chi connectivity index (χ1n) is 7.95. The van der Waals surface area contributed by atoms with Crippen molar-refractivity contribution in [3.8, 4) is 11.3 Å². The lowest BCUT2D eigenvalue weighted by Crippen LogP contribution is -2.10. The van der Waals surface area contributed by atoms with Gasteiger partial charge in [0, 0.05) is 18.7 Å². The second kappa shape index (κ2) is 7.93. The van der Waals surface area contributed by atoms with Gasteiger partial charge in [0.1, 0.15) is 5.69 Å². The SMILES string of the molecule is CCCCCCCn1nnc(-c2ccc(C)cc2)c1CN. The van der Waals surface area contributed by atoms with Crippen LogP contribution >= 0.6 is 0 Å². The lowest BCUT2D eigenvalue weighted by molar-refractivity contribution is 0.507. The number of rotatable bonds is 8. The van der Waals surface area contributed by atoms with Crippen LogP contribution in [0.5, 0.6) is 0 Å². The third-order valence-electron chi connectivity index (χ3n) is 3.83. The number of unbranched alkanes of at least 4 members (excludes halogenated alkanes) is 4. The van der Waals surface area contributed by atoms with Gasteiger partial charge in [-0.3, -0.25) is 0 Å². The van der Waals surface area contributed by atoms with E-state index < -0.39 is 0 Å². The third-order valence-corrected chi connectivity index (χ3v) is 3.83. The van der Waals surface area contributed by atoms with Gasteiger partial charge >= 0.3 is 0 Å². The first kappa shape index (κ1) is 15.7. The zero-order chi connectivity index (χ0) is 15.1. The lowest BCUT2D eigenvalue weighted by atomic mass is 10.1. The molecule has 0 radical (unpaired) electrons.